The van der Waals surface area contributed by atoms with Gasteiger partial charge >= 0.3 is 18.2 Å². The molecule has 1 aliphatic heterocycles. The van der Waals surface area contributed by atoms with E-state index in [1.807, 2.05) is 18.2 Å². The summed E-state index contributed by atoms with van der Waals surface area (Å²) in [5.41, 5.74) is 9.28. The van der Waals surface area contributed by atoms with Crippen LogP contribution in [-0.2, 0) is 0 Å². The number of nitrogens with two attached hydrogens (primary N) is 1. The van der Waals surface area contributed by atoms with E-state index < -0.39 is 24.3 Å². The smallest absolute Gasteiger partial charge is 0.380 e. The van der Waals surface area contributed by atoms with Crippen LogP contribution >= 0.6 is 0 Å². The Kier molecular flexibility index (Phi) is 8.48. The first-order valence-electron chi connectivity index (χ1n) is 13.4. The Morgan fingerprint density at radius 2 is 1.77 bits per heavy atom. The molecule has 4 amide bonds. The van der Waals surface area contributed by atoms with Crippen LogP contribution in [0.3, 0.4) is 0 Å². The van der Waals surface area contributed by atoms with Crippen LogP contribution in [0.1, 0.15) is 5.56 Å². The normalized spacial score (nSPS) is 14.5. The molecule has 2 aromatic carbocycles. The molecule has 4 aromatic rings. The standard InChI is InChI=1S/C29H29F3N10O2/c30-29(31,32)16-36-26(43)39-23-8-4-5-19(9-23)24-14-35-25-10-20(13-38-42(24)25)21(11-33)12-37-28(15-34)17-41(18-28)27(44)40-22-6-2-1-3-7-22/h1-14,33,37H,15-18,34H2,(H,40,44)(H2,36,39,43)/b21-12+,33-11?. The number of aromatic nitrogens is 3. The van der Waals surface area contributed by atoms with Gasteiger partial charge in [0, 0.05) is 60.1 Å². The van der Waals surface area contributed by atoms with E-state index in [1.165, 1.54) is 6.21 Å². The number of para-hydroxylation sites is 1. The topological polar surface area (TPSA) is 166 Å². The van der Waals surface area contributed by atoms with E-state index >= 15 is 0 Å². The molecule has 0 atom stereocenters. The number of halogens is 3. The van der Waals surface area contributed by atoms with Crippen molar-refractivity contribution in [3.8, 4) is 11.3 Å². The second kappa shape index (κ2) is 12.4. The van der Waals surface area contributed by atoms with Crippen molar-refractivity contribution in [1.82, 2.24) is 30.1 Å². The number of urea groups is 2. The van der Waals surface area contributed by atoms with Crippen molar-refractivity contribution >= 4 is 40.9 Å². The van der Waals surface area contributed by atoms with E-state index in [9.17, 15) is 22.8 Å². The Morgan fingerprint density at radius 1 is 1.02 bits per heavy atom. The van der Waals surface area contributed by atoms with Gasteiger partial charge in [0.1, 0.15) is 6.54 Å². The zero-order valence-electron chi connectivity index (χ0n) is 23.2. The first-order valence-corrected chi connectivity index (χ1v) is 13.4. The van der Waals surface area contributed by atoms with Gasteiger partial charge in [0.25, 0.3) is 0 Å². The van der Waals surface area contributed by atoms with Gasteiger partial charge in [-0.1, -0.05) is 30.3 Å². The van der Waals surface area contributed by atoms with Gasteiger partial charge in [0.15, 0.2) is 5.65 Å². The number of carbonyl (C=O) groups is 2. The monoisotopic (exact) mass is 606 g/mol. The summed E-state index contributed by atoms with van der Waals surface area (Å²) in [5.74, 6) is 0. The van der Waals surface area contributed by atoms with Crippen LogP contribution in [0.4, 0.5) is 34.1 Å². The Bertz CT molecular complexity index is 1700. The van der Waals surface area contributed by atoms with Crippen molar-refractivity contribution < 1.29 is 22.8 Å². The number of imidazole rings is 1. The summed E-state index contributed by atoms with van der Waals surface area (Å²) in [7, 11) is 0. The van der Waals surface area contributed by atoms with E-state index in [-0.39, 0.29) is 18.3 Å². The minimum Gasteiger partial charge on any atom is -0.380 e. The lowest BCUT2D eigenvalue weighted by Gasteiger charge is -2.49. The molecule has 0 spiro atoms. The van der Waals surface area contributed by atoms with Crippen LogP contribution in [-0.4, -0.2) is 75.7 Å². The summed E-state index contributed by atoms with van der Waals surface area (Å²) in [4.78, 5) is 30.5. The molecule has 1 saturated heterocycles. The fourth-order valence-corrected chi connectivity index (χ4v) is 4.61. The predicted octanol–water partition coefficient (Wildman–Crippen LogP) is 3.91. The second-order valence-electron chi connectivity index (χ2n) is 10.2. The third-order valence-electron chi connectivity index (χ3n) is 6.94. The highest BCUT2D eigenvalue weighted by Crippen LogP contribution is 2.26. The second-order valence-corrected chi connectivity index (χ2v) is 10.2. The van der Waals surface area contributed by atoms with Crippen LogP contribution in [0.15, 0.2) is 79.3 Å². The van der Waals surface area contributed by atoms with Gasteiger partial charge in [0.2, 0.25) is 0 Å². The number of rotatable bonds is 9. The number of fused-ring (bicyclic) bond motifs is 1. The Balaban J connectivity index is 1.26. The van der Waals surface area contributed by atoms with E-state index in [2.05, 4.69) is 26.0 Å². The molecular formula is C29H29F3N10O2. The average Bonchev–Trinajstić information content (AvgIpc) is 3.41. The highest BCUT2D eigenvalue weighted by atomic mass is 19.4. The van der Waals surface area contributed by atoms with Crippen molar-refractivity contribution in [3.05, 3.63) is 84.8 Å². The molecular weight excluding hydrogens is 577 g/mol. The first kappa shape index (κ1) is 30.0. The van der Waals surface area contributed by atoms with Crippen molar-refractivity contribution in [3.63, 3.8) is 0 Å². The van der Waals surface area contributed by atoms with Crippen LogP contribution in [0.5, 0.6) is 0 Å². The summed E-state index contributed by atoms with van der Waals surface area (Å²) < 4.78 is 38.7. The highest BCUT2D eigenvalue weighted by Gasteiger charge is 2.43. The maximum Gasteiger partial charge on any atom is 0.405 e. The first-order chi connectivity index (χ1) is 21.1. The molecule has 0 aliphatic carbocycles. The zero-order valence-corrected chi connectivity index (χ0v) is 23.2. The van der Waals surface area contributed by atoms with Gasteiger partial charge in [-0.25, -0.2) is 19.1 Å². The summed E-state index contributed by atoms with van der Waals surface area (Å²) in [5, 5.41) is 22.7. The third-order valence-corrected chi connectivity index (χ3v) is 6.94. The molecule has 0 saturated carbocycles. The SMILES string of the molecule is N=C/C(=C\NC1(CN)CN(C(=O)Nc2ccccc2)C1)c1cnn2c(-c3cccc(NC(=O)NCC(F)(F)F)c3)cnc2c1. The number of likely N-dealkylation sites (tertiary alicyclic amines) is 1. The summed E-state index contributed by atoms with van der Waals surface area (Å²) in [6, 6.07) is 16.2. The summed E-state index contributed by atoms with van der Waals surface area (Å²) in [6.07, 6.45) is 1.47. The number of alkyl halides is 3. The highest BCUT2D eigenvalue weighted by molar-refractivity contribution is 6.08. The zero-order chi connectivity index (χ0) is 31.3. The molecule has 44 heavy (non-hydrogen) atoms. The maximum absolute atomic E-state index is 12.6. The molecule has 0 unspecified atom stereocenters. The van der Waals surface area contributed by atoms with Crippen molar-refractivity contribution in [2.75, 3.05) is 36.8 Å². The van der Waals surface area contributed by atoms with E-state index in [0.717, 1.165) is 0 Å². The van der Waals surface area contributed by atoms with Crippen LogP contribution < -0.4 is 27.0 Å². The van der Waals surface area contributed by atoms with E-state index in [4.69, 9.17) is 11.1 Å². The largest absolute Gasteiger partial charge is 0.405 e. The molecule has 15 heteroatoms. The number of nitrogens with zero attached hydrogens (tertiary/aromatic N) is 4. The third kappa shape index (κ3) is 6.95. The summed E-state index contributed by atoms with van der Waals surface area (Å²) in [6.45, 7) is -0.425. The van der Waals surface area contributed by atoms with E-state index in [0.29, 0.717) is 46.8 Å². The molecule has 12 nitrogen and oxygen atoms in total. The predicted molar refractivity (Wildman–Crippen MR) is 160 cm³/mol. The Labute approximate surface area is 249 Å². The van der Waals surface area contributed by atoms with Gasteiger partial charge < -0.3 is 37.3 Å². The number of anilines is 2. The minimum absolute atomic E-state index is 0.228. The Hall–Kier alpha value is -5.44. The molecule has 228 valence electrons. The van der Waals surface area contributed by atoms with Crippen LogP contribution in [0.2, 0.25) is 0 Å². The van der Waals surface area contributed by atoms with Crippen molar-refractivity contribution in [2.45, 2.75) is 11.7 Å². The molecule has 3 heterocycles. The molecule has 7 N–H and O–H groups in total. The lowest BCUT2D eigenvalue weighted by molar-refractivity contribution is -0.122. The molecule has 0 bridgehead atoms. The van der Waals surface area contributed by atoms with E-state index in [1.54, 1.807) is 75.8 Å². The molecule has 1 fully saturated rings. The van der Waals surface area contributed by atoms with Gasteiger partial charge in [-0.3, -0.25) is 0 Å². The fraction of sp³-hybridized carbons (Fsp3) is 0.207. The molecule has 0 radical (unpaired) electrons. The van der Waals surface area contributed by atoms with Crippen LogP contribution in [0, 0.1) is 5.41 Å². The molecule has 5 rings (SSSR count). The number of benzene rings is 2. The van der Waals surface area contributed by atoms with Gasteiger partial charge in [-0.15, -0.1) is 0 Å². The fourth-order valence-electron chi connectivity index (χ4n) is 4.61. The average molecular weight is 607 g/mol. The molecule has 1 aliphatic rings. The van der Waals surface area contributed by atoms with Crippen molar-refractivity contribution in [2.24, 2.45) is 5.73 Å². The van der Waals surface area contributed by atoms with Gasteiger partial charge in [-0.2, -0.15) is 18.3 Å². The van der Waals surface area contributed by atoms with Crippen LogP contribution in [0.25, 0.3) is 22.5 Å². The van der Waals surface area contributed by atoms with Gasteiger partial charge in [-0.05, 0) is 30.3 Å². The number of nitrogens with one attached hydrogen (secondary N) is 5. The lowest BCUT2D eigenvalue weighted by Crippen LogP contribution is -2.73. The number of carbonyl (C=O) groups excluding carboxylic acids is 2. The quantitative estimate of drug-likeness (QED) is 0.158. The van der Waals surface area contributed by atoms with Crippen molar-refractivity contribution in [1.29, 1.82) is 5.41 Å². The minimum atomic E-state index is -4.52. The summed E-state index contributed by atoms with van der Waals surface area (Å²) >= 11 is 0. The molecule has 2 aromatic heterocycles. The number of allylic oxidation sites excluding steroid dienone is 1. The maximum atomic E-state index is 12.6. The van der Waals surface area contributed by atoms with Gasteiger partial charge in [0.05, 0.1) is 23.6 Å². The Morgan fingerprint density at radius 3 is 2.48 bits per heavy atom. The number of hydrogen-bond acceptors (Lipinski definition) is 7. The number of hydrogen-bond donors (Lipinski definition) is 6. The number of amides is 4. The lowest BCUT2D eigenvalue weighted by atomic mass is 9.90.